The van der Waals surface area contributed by atoms with Crippen LogP contribution in [-0.4, -0.2) is 30.6 Å². The molecule has 0 saturated carbocycles. The zero-order valence-corrected chi connectivity index (χ0v) is 10.1. The topological polar surface area (TPSA) is 58.6 Å². The van der Waals surface area contributed by atoms with Gasteiger partial charge in [-0.25, -0.2) is 9.18 Å². The monoisotopic (exact) mass is 252 g/mol. The molecule has 0 radical (unpaired) electrons. The van der Waals surface area contributed by atoms with E-state index in [1.807, 2.05) is 0 Å². The predicted molar refractivity (Wildman–Crippen MR) is 62.6 cm³/mol. The average Bonchev–Trinajstić information content (AvgIpc) is 2.36. The van der Waals surface area contributed by atoms with Crippen molar-refractivity contribution >= 4 is 17.7 Å². The number of esters is 1. The summed E-state index contributed by atoms with van der Waals surface area (Å²) in [6.45, 7) is 1.51. The third-order valence-electron chi connectivity index (χ3n) is 2.86. The van der Waals surface area contributed by atoms with Crippen LogP contribution in [0.25, 0.3) is 0 Å². The number of carbonyl (C=O) groups is 2. The van der Waals surface area contributed by atoms with Crippen LogP contribution in [0.15, 0.2) is 12.1 Å². The lowest BCUT2D eigenvalue weighted by Gasteiger charge is -2.29. The molecule has 2 amide bonds. The van der Waals surface area contributed by atoms with Crippen molar-refractivity contribution in [2.75, 3.05) is 19.0 Å². The van der Waals surface area contributed by atoms with E-state index >= 15 is 0 Å². The van der Waals surface area contributed by atoms with E-state index in [1.165, 1.54) is 12.0 Å². The standard InChI is InChI=1S/C12H13FN2O3/c1-7-3-4-9-8(11(7)13)5-15(12(17)14-9)6-10(16)18-2/h3-4H,5-6H2,1-2H3,(H,14,17). The Bertz CT molecular complexity index is 516. The van der Waals surface area contributed by atoms with Crippen LogP contribution in [-0.2, 0) is 16.1 Å². The molecule has 1 heterocycles. The highest BCUT2D eigenvalue weighted by molar-refractivity contribution is 5.94. The van der Waals surface area contributed by atoms with Crippen LogP contribution in [0.3, 0.4) is 0 Å². The molecule has 0 unspecified atom stereocenters. The Morgan fingerprint density at radius 3 is 2.94 bits per heavy atom. The van der Waals surface area contributed by atoms with E-state index in [9.17, 15) is 14.0 Å². The van der Waals surface area contributed by atoms with Gasteiger partial charge in [0, 0.05) is 5.56 Å². The first-order valence-electron chi connectivity index (χ1n) is 5.43. The Balaban J connectivity index is 2.28. The smallest absolute Gasteiger partial charge is 0.325 e. The quantitative estimate of drug-likeness (QED) is 0.814. The van der Waals surface area contributed by atoms with E-state index in [0.29, 0.717) is 16.8 Å². The average molecular weight is 252 g/mol. The summed E-state index contributed by atoms with van der Waals surface area (Å²) in [5.41, 5.74) is 1.34. The Morgan fingerprint density at radius 1 is 1.56 bits per heavy atom. The van der Waals surface area contributed by atoms with Gasteiger partial charge in [0.2, 0.25) is 0 Å². The van der Waals surface area contributed by atoms with E-state index in [1.54, 1.807) is 19.1 Å². The van der Waals surface area contributed by atoms with Crippen molar-refractivity contribution in [2.45, 2.75) is 13.5 Å². The van der Waals surface area contributed by atoms with Gasteiger partial charge in [-0.1, -0.05) is 6.07 Å². The molecular formula is C12H13FN2O3. The third kappa shape index (κ3) is 2.13. The second kappa shape index (κ2) is 4.64. The fourth-order valence-corrected chi connectivity index (χ4v) is 1.82. The summed E-state index contributed by atoms with van der Waals surface area (Å²) in [6, 6.07) is 2.82. The van der Waals surface area contributed by atoms with Crippen molar-refractivity contribution in [3.63, 3.8) is 0 Å². The van der Waals surface area contributed by atoms with Crippen molar-refractivity contribution in [2.24, 2.45) is 0 Å². The number of urea groups is 1. The number of hydrogen-bond donors (Lipinski definition) is 1. The number of benzene rings is 1. The molecule has 0 saturated heterocycles. The number of amides is 2. The molecule has 1 aromatic carbocycles. The van der Waals surface area contributed by atoms with Crippen LogP contribution in [0.5, 0.6) is 0 Å². The second-order valence-electron chi connectivity index (χ2n) is 4.08. The van der Waals surface area contributed by atoms with Gasteiger partial charge in [-0.3, -0.25) is 4.79 Å². The molecule has 0 fully saturated rings. The fourth-order valence-electron chi connectivity index (χ4n) is 1.82. The first-order chi connectivity index (χ1) is 8.52. The number of carbonyl (C=O) groups excluding carboxylic acids is 2. The summed E-state index contributed by atoms with van der Waals surface area (Å²) in [5, 5.41) is 2.55. The lowest BCUT2D eigenvalue weighted by molar-refractivity contribution is -0.141. The molecule has 1 aliphatic heterocycles. The summed E-state index contributed by atoms with van der Waals surface area (Å²) < 4.78 is 18.4. The van der Waals surface area contributed by atoms with Crippen LogP contribution in [0.2, 0.25) is 0 Å². The highest BCUT2D eigenvalue weighted by Crippen LogP contribution is 2.27. The van der Waals surface area contributed by atoms with E-state index in [0.717, 1.165) is 0 Å². The molecule has 1 N–H and O–H groups in total. The SMILES string of the molecule is COC(=O)CN1Cc2c(ccc(C)c2F)NC1=O. The van der Waals surface area contributed by atoms with Gasteiger partial charge >= 0.3 is 12.0 Å². The normalized spacial score (nSPS) is 13.9. The molecule has 1 aliphatic rings. The van der Waals surface area contributed by atoms with Crippen LogP contribution in [0.4, 0.5) is 14.9 Å². The van der Waals surface area contributed by atoms with E-state index in [-0.39, 0.29) is 18.9 Å². The van der Waals surface area contributed by atoms with Crippen molar-refractivity contribution in [3.8, 4) is 0 Å². The Labute approximate surface area is 104 Å². The van der Waals surface area contributed by atoms with Crippen LogP contribution in [0, 0.1) is 12.7 Å². The van der Waals surface area contributed by atoms with E-state index < -0.39 is 12.0 Å². The van der Waals surface area contributed by atoms with Gasteiger partial charge in [-0.05, 0) is 18.6 Å². The number of aryl methyl sites for hydroxylation is 1. The zero-order chi connectivity index (χ0) is 13.3. The zero-order valence-electron chi connectivity index (χ0n) is 10.1. The van der Waals surface area contributed by atoms with Crippen LogP contribution >= 0.6 is 0 Å². The van der Waals surface area contributed by atoms with E-state index in [2.05, 4.69) is 10.1 Å². The number of nitrogens with one attached hydrogen (secondary N) is 1. The maximum Gasteiger partial charge on any atom is 0.325 e. The molecule has 2 rings (SSSR count). The largest absolute Gasteiger partial charge is 0.468 e. The van der Waals surface area contributed by atoms with E-state index in [4.69, 9.17) is 0 Å². The van der Waals surface area contributed by atoms with Gasteiger partial charge in [0.1, 0.15) is 12.4 Å². The number of ether oxygens (including phenoxy) is 1. The number of methoxy groups -OCH3 is 1. The Morgan fingerprint density at radius 2 is 2.28 bits per heavy atom. The first-order valence-corrected chi connectivity index (χ1v) is 5.43. The third-order valence-corrected chi connectivity index (χ3v) is 2.86. The molecule has 1 aromatic rings. The van der Waals surface area contributed by atoms with Gasteiger partial charge in [-0.2, -0.15) is 0 Å². The molecule has 0 aromatic heterocycles. The number of rotatable bonds is 2. The van der Waals surface area contributed by atoms with Crippen LogP contribution in [0.1, 0.15) is 11.1 Å². The molecule has 0 bridgehead atoms. The highest BCUT2D eigenvalue weighted by atomic mass is 19.1. The lowest BCUT2D eigenvalue weighted by Crippen LogP contribution is -2.42. The summed E-state index contributed by atoms with van der Waals surface area (Å²) in [6.07, 6.45) is 0. The molecule has 18 heavy (non-hydrogen) atoms. The van der Waals surface area contributed by atoms with Crippen molar-refractivity contribution in [3.05, 3.63) is 29.1 Å². The minimum atomic E-state index is -0.540. The molecule has 5 nitrogen and oxygen atoms in total. The molecular weight excluding hydrogens is 239 g/mol. The number of nitrogens with zero attached hydrogens (tertiary/aromatic N) is 1. The summed E-state index contributed by atoms with van der Waals surface area (Å²) in [4.78, 5) is 24.0. The Kier molecular flexibility index (Phi) is 3.18. The summed E-state index contributed by atoms with van der Waals surface area (Å²) in [7, 11) is 1.24. The minimum absolute atomic E-state index is 0.0593. The molecule has 0 aliphatic carbocycles. The van der Waals surface area contributed by atoms with Crippen molar-refractivity contribution < 1.29 is 18.7 Å². The fraction of sp³-hybridized carbons (Fsp3) is 0.333. The van der Waals surface area contributed by atoms with Gasteiger partial charge in [0.05, 0.1) is 19.3 Å². The van der Waals surface area contributed by atoms with Gasteiger partial charge in [-0.15, -0.1) is 0 Å². The molecule has 0 atom stereocenters. The Hall–Kier alpha value is -2.11. The summed E-state index contributed by atoms with van der Waals surface area (Å²) >= 11 is 0. The number of hydrogen-bond acceptors (Lipinski definition) is 3. The maximum atomic E-state index is 13.9. The number of halogens is 1. The second-order valence-corrected chi connectivity index (χ2v) is 4.08. The van der Waals surface area contributed by atoms with Crippen molar-refractivity contribution in [1.29, 1.82) is 0 Å². The molecule has 6 heteroatoms. The minimum Gasteiger partial charge on any atom is -0.468 e. The van der Waals surface area contributed by atoms with Gasteiger partial charge in [0.25, 0.3) is 0 Å². The predicted octanol–water partition coefficient (Wildman–Crippen LogP) is 1.65. The summed E-state index contributed by atoms with van der Waals surface area (Å²) in [5.74, 6) is -0.899. The van der Waals surface area contributed by atoms with Crippen LogP contribution < -0.4 is 5.32 Å². The number of anilines is 1. The number of fused-ring (bicyclic) bond motifs is 1. The lowest BCUT2D eigenvalue weighted by atomic mass is 10.1. The van der Waals surface area contributed by atoms with Gasteiger partial charge < -0.3 is 15.0 Å². The first kappa shape index (κ1) is 12.3. The molecule has 96 valence electrons. The van der Waals surface area contributed by atoms with Gasteiger partial charge in [0.15, 0.2) is 0 Å². The molecule has 0 spiro atoms. The van der Waals surface area contributed by atoms with Crippen molar-refractivity contribution in [1.82, 2.24) is 4.90 Å². The maximum absolute atomic E-state index is 13.9. The highest BCUT2D eigenvalue weighted by Gasteiger charge is 2.27.